The molecule has 0 fully saturated rings. The number of anilines is 1. The van der Waals surface area contributed by atoms with Crippen molar-refractivity contribution in [1.82, 2.24) is 9.29 Å². The van der Waals surface area contributed by atoms with E-state index in [2.05, 4.69) is 10.3 Å². The van der Waals surface area contributed by atoms with Crippen LogP contribution in [0.5, 0.6) is 0 Å². The first-order chi connectivity index (χ1) is 10.0. The van der Waals surface area contributed by atoms with Crippen LogP contribution >= 0.6 is 11.9 Å². The van der Waals surface area contributed by atoms with Crippen molar-refractivity contribution < 1.29 is 18.0 Å². The molecule has 1 aromatic carbocycles. The second kappa shape index (κ2) is 5.28. The van der Waals surface area contributed by atoms with Crippen molar-refractivity contribution in [3.63, 3.8) is 0 Å². The van der Waals surface area contributed by atoms with Gasteiger partial charge in [-0.25, -0.2) is 22.9 Å². The van der Waals surface area contributed by atoms with E-state index in [1.807, 2.05) is 0 Å². The molecule has 2 amide bonds. The fourth-order valence-electron chi connectivity index (χ4n) is 1.85. The van der Waals surface area contributed by atoms with Crippen molar-refractivity contribution in [2.45, 2.75) is 11.4 Å². The Morgan fingerprint density at radius 1 is 1.24 bits per heavy atom. The van der Waals surface area contributed by atoms with Gasteiger partial charge in [-0.15, -0.1) is 0 Å². The lowest BCUT2D eigenvalue weighted by Gasteiger charge is -2.27. The van der Waals surface area contributed by atoms with Crippen LogP contribution < -0.4 is 5.32 Å². The SMILES string of the molecule is O=C1Nc2ncccc2SN1Cc1c(F)cc(F)cc1F. The smallest absolute Gasteiger partial charge is 0.290 e. The first-order valence-electron chi connectivity index (χ1n) is 5.89. The molecule has 1 aliphatic rings. The highest BCUT2D eigenvalue weighted by molar-refractivity contribution is 7.97. The molecule has 0 unspecified atom stereocenters. The lowest BCUT2D eigenvalue weighted by molar-refractivity contribution is 0.236. The quantitative estimate of drug-likeness (QED) is 0.863. The molecule has 0 bridgehead atoms. The number of pyridine rings is 1. The predicted molar refractivity (Wildman–Crippen MR) is 71.0 cm³/mol. The van der Waals surface area contributed by atoms with E-state index >= 15 is 0 Å². The van der Waals surface area contributed by atoms with Crippen molar-refractivity contribution in [3.8, 4) is 0 Å². The number of nitrogens with one attached hydrogen (secondary N) is 1. The van der Waals surface area contributed by atoms with E-state index in [1.54, 1.807) is 12.1 Å². The third kappa shape index (κ3) is 2.66. The Kier molecular flexibility index (Phi) is 3.46. The molecule has 108 valence electrons. The van der Waals surface area contributed by atoms with Crippen LogP contribution in [-0.4, -0.2) is 15.3 Å². The molecule has 8 heteroatoms. The maximum atomic E-state index is 13.6. The summed E-state index contributed by atoms with van der Waals surface area (Å²) in [4.78, 5) is 16.5. The highest BCUT2D eigenvalue weighted by Gasteiger charge is 2.26. The molecule has 4 nitrogen and oxygen atoms in total. The Bertz CT molecular complexity index is 703. The number of amides is 2. The summed E-state index contributed by atoms with van der Waals surface area (Å²) in [6, 6.07) is 4.02. The predicted octanol–water partition coefficient (Wildman–Crippen LogP) is 3.55. The van der Waals surface area contributed by atoms with E-state index in [9.17, 15) is 18.0 Å². The van der Waals surface area contributed by atoms with E-state index in [4.69, 9.17) is 0 Å². The van der Waals surface area contributed by atoms with E-state index in [-0.39, 0.29) is 12.1 Å². The molecular formula is C13H8F3N3OS. The lowest BCUT2D eigenvalue weighted by atomic mass is 10.2. The second-order valence-corrected chi connectivity index (χ2v) is 5.32. The zero-order valence-corrected chi connectivity index (χ0v) is 11.3. The van der Waals surface area contributed by atoms with Crippen LogP contribution in [0.2, 0.25) is 0 Å². The summed E-state index contributed by atoms with van der Waals surface area (Å²) in [6.07, 6.45) is 1.52. The Hall–Kier alpha value is -2.22. The minimum Gasteiger partial charge on any atom is -0.290 e. The average molecular weight is 311 g/mol. The van der Waals surface area contributed by atoms with Crippen molar-refractivity contribution in [2.75, 3.05) is 5.32 Å². The summed E-state index contributed by atoms with van der Waals surface area (Å²) in [5, 5.41) is 2.52. The fourth-order valence-corrected chi connectivity index (χ4v) is 2.74. The van der Waals surface area contributed by atoms with Gasteiger partial charge >= 0.3 is 6.03 Å². The Morgan fingerprint density at radius 3 is 2.67 bits per heavy atom. The zero-order valence-electron chi connectivity index (χ0n) is 10.4. The van der Waals surface area contributed by atoms with E-state index < -0.39 is 23.5 Å². The van der Waals surface area contributed by atoms with E-state index in [0.717, 1.165) is 16.3 Å². The van der Waals surface area contributed by atoms with Gasteiger partial charge in [-0.2, -0.15) is 0 Å². The molecule has 3 rings (SSSR count). The van der Waals surface area contributed by atoms with Crippen LogP contribution in [0.25, 0.3) is 0 Å². The average Bonchev–Trinajstić information content (AvgIpc) is 2.43. The summed E-state index contributed by atoms with van der Waals surface area (Å²) in [7, 11) is 0. The molecule has 0 spiro atoms. The number of carbonyl (C=O) groups excluding carboxylic acids is 1. The number of nitrogens with zero attached hydrogens (tertiary/aromatic N) is 2. The second-order valence-electron chi connectivity index (χ2n) is 4.26. The molecule has 1 aliphatic heterocycles. The first kappa shape index (κ1) is 13.7. The molecule has 0 atom stereocenters. The summed E-state index contributed by atoms with van der Waals surface area (Å²) >= 11 is 1.01. The largest absolute Gasteiger partial charge is 0.333 e. The maximum Gasteiger partial charge on any atom is 0.333 e. The summed E-state index contributed by atoms with van der Waals surface area (Å²) in [6.45, 7) is -0.331. The molecule has 0 saturated heterocycles. The van der Waals surface area contributed by atoms with Crippen LogP contribution in [0.15, 0.2) is 35.4 Å². The third-order valence-corrected chi connectivity index (χ3v) is 3.88. The number of hydrogen-bond donors (Lipinski definition) is 1. The molecule has 2 aromatic rings. The highest BCUT2D eigenvalue weighted by Crippen LogP contribution is 2.34. The van der Waals surface area contributed by atoms with Gasteiger partial charge in [-0.05, 0) is 24.1 Å². The number of hydrogen-bond acceptors (Lipinski definition) is 3. The number of benzene rings is 1. The lowest BCUT2D eigenvalue weighted by Crippen LogP contribution is -2.33. The number of urea groups is 1. The number of fused-ring (bicyclic) bond motifs is 1. The van der Waals surface area contributed by atoms with Crippen LogP contribution in [0.3, 0.4) is 0 Å². The van der Waals surface area contributed by atoms with Crippen molar-refractivity contribution in [2.24, 2.45) is 0 Å². The molecule has 1 N–H and O–H groups in total. The summed E-state index contributed by atoms with van der Waals surface area (Å²) in [5.74, 6) is -2.67. The van der Waals surface area contributed by atoms with Gasteiger partial charge in [0, 0.05) is 23.9 Å². The minimum absolute atomic E-state index is 0.331. The molecule has 0 saturated carbocycles. The van der Waals surface area contributed by atoms with Crippen LogP contribution in [0, 0.1) is 17.5 Å². The van der Waals surface area contributed by atoms with Gasteiger partial charge in [0.25, 0.3) is 0 Å². The van der Waals surface area contributed by atoms with Crippen LogP contribution in [-0.2, 0) is 6.54 Å². The third-order valence-electron chi connectivity index (χ3n) is 2.84. The molecular weight excluding hydrogens is 303 g/mol. The Labute approximate surface area is 122 Å². The Balaban J connectivity index is 1.88. The minimum atomic E-state index is -1.03. The standard InChI is InChI=1S/C13H8F3N3OS/c14-7-4-9(15)8(10(16)5-7)6-19-13(20)18-12-11(21-19)2-1-3-17-12/h1-5H,6H2,(H,17,18,20). The molecule has 0 radical (unpaired) electrons. The topological polar surface area (TPSA) is 45.2 Å². The van der Waals surface area contributed by atoms with Gasteiger partial charge in [-0.1, -0.05) is 0 Å². The highest BCUT2D eigenvalue weighted by atomic mass is 32.2. The normalized spacial score (nSPS) is 13.9. The number of aromatic nitrogens is 1. The maximum absolute atomic E-state index is 13.6. The van der Waals surface area contributed by atoms with E-state index in [0.29, 0.717) is 22.8 Å². The van der Waals surface area contributed by atoms with Crippen LogP contribution in [0.1, 0.15) is 5.56 Å². The van der Waals surface area contributed by atoms with Gasteiger partial charge < -0.3 is 0 Å². The zero-order chi connectivity index (χ0) is 15.0. The van der Waals surface area contributed by atoms with Gasteiger partial charge in [0.1, 0.15) is 23.3 Å². The van der Waals surface area contributed by atoms with Gasteiger partial charge in [0.05, 0.1) is 11.4 Å². The van der Waals surface area contributed by atoms with E-state index in [1.165, 1.54) is 6.20 Å². The monoisotopic (exact) mass is 311 g/mol. The van der Waals surface area contributed by atoms with Gasteiger partial charge in [0.2, 0.25) is 0 Å². The van der Waals surface area contributed by atoms with Crippen molar-refractivity contribution >= 4 is 23.8 Å². The first-order valence-corrected chi connectivity index (χ1v) is 6.67. The number of halogens is 3. The Morgan fingerprint density at radius 2 is 1.95 bits per heavy atom. The summed E-state index contributed by atoms with van der Waals surface area (Å²) < 4.78 is 41.3. The van der Waals surface area contributed by atoms with Crippen LogP contribution in [0.4, 0.5) is 23.8 Å². The summed E-state index contributed by atoms with van der Waals surface area (Å²) in [5.41, 5.74) is -0.369. The van der Waals surface area contributed by atoms with Gasteiger partial charge in [0.15, 0.2) is 0 Å². The number of rotatable bonds is 2. The fraction of sp³-hybridized carbons (Fsp3) is 0.0769. The number of carbonyl (C=O) groups is 1. The van der Waals surface area contributed by atoms with Crippen molar-refractivity contribution in [3.05, 3.63) is 53.5 Å². The molecule has 2 heterocycles. The molecule has 21 heavy (non-hydrogen) atoms. The molecule has 1 aromatic heterocycles. The molecule has 0 aliphatic carbocycles. The van der Waals surface area contributed by atoms with Gasteiger partial charge in [-0.3, -0.25) is 9.62 Å². The van der Waals surface area contributed by atoms with Crippen molar-refractivity contribution in [1.29, 1.82) is 0 Å².